The number of aromatic nitrogens is 2. The van der Waals surface area contributed by atoms with E-state index >= 15 is 0 Å². The quantitative estimate of drug-likeness (QED) is 0.679. The molecule has 0 aliphatic carbocycles. The van der Waals surface area contributed by atoms with Gasteiger partial charge in [0.1, 0.15) is 5.82 Å². The summed E-state index contributed by atoms with van der Waals surface area (Å²) in [7, 11) is 1.81. The maximum absolute atomic E-state index is 12.6. The number of pyridine rings is 1. The van der Waals surface area contributed by atoms with Gasteiger partial charge in [-0.2, -0.15) is 0 Å². The number of aryl methyl sites for hydroxylation is 2. The summed E-state index contributed by atoms with van der Waals surface area (Å²) < 4.78 is 2.24. The molecule has 3 aromatic rings. The molecular formula is C23H24N4O2. The molecule has 2 amide bonds. The van der Waals surface area contributed by atoms with Crippen LogP contribution in [0.2, 0.25) is 0 Å². The number of nitrogens with one attached hydrogen (secondary N) is 1. The van der Waals surface area contributed by atoms with Gasteiger partial charge in [-0.3, -0.25) is 9.59 Å². The second-order valence-corrected chi connectivity index (χ2v) is 7.29. The lowest BCUT2D eigenvalue weighted by atomic mass is 10.0. The van der Waals surface area contributed by atoms with Crippen LogP contribution >= 0.6 is 0 Å². The highest BCUT2D eigenvalue weighted by Crippen LogP contribution is 2.22. The van der Waals surface area contributed by atoms with Crippen LogP contribution < -0.4 is 5.32 Å². The first-order valence-electron chi connectivity index (χ1n) is 9.84. The molecule has 1 aliphatic heterocycles. The number of likely N-dealkylation sites (N-methyl/N-ethyl adjacent to an activating group) is 1. The number of carbonyl (C=O) groups excluding carboxylic acids is 2. The third-order valence-corrected chi connectivity index (χ3v) is 5.27. The monoisotopic (exact) mass is 388 g/mol. The van der Waals surface area contributed by atoms with Gasteiger partial charge in [-0.1, -0.05) is 18.2 Å². The Hall–Kier alpha value is -3.41. The van der Waals surface area contributed by atoms with Gasteiger partial charge in [0.25, 0.3) is 0 Å². The van der Waals surface area contributed by atoms with E-state index in [1.807, 2.05) is 25.2 Å². The van der Waals surface area contributed by atoms with Crippen molar-refractivity contribution >= 4 is 34.6 Å². The molecule has 148 valence electrons. The third-order valence-electron chi connectivity index (χ3n) is 5.27. The summed E-state index contributed by atoms with van der Waals surface area (Å²) in [5.41, 5.74) is 4.15. The Kier molecular flexibility index (Phi) is 5.16. The van der Waals surface area contributed by atoms with Gasteiger partial charge >= 0.3 is 0 Å². The Morgan fingerprint density at radius 2 is 2.10 bits per heavy atom. The molecule has 0 spiro atoms. The lowest BCUT2D eigenvalue weighted by molar-refractivity contribution is -0.125. The molecule has 0 saturated carbocycles. The molecule has 6 heteroatoms. The fraction of sp³-hybridized carbons (Fsp3) is 0.261. The van der Waals surface area contributed by atoms with Gasteiger partial charge in [0.2, 0.25) is 11.8 Å². The number of anilines is 1. The highest BCUT2D eigenvalue weighted by Gasteiger charge is 2.16. The minimum atomic E-state index is -0.0658. The van der Waals surface area contributed by atoms with E-state index in [4.69, 9.17) is 0 Å². The van der Waals surface area contributed by atoms with Gasteiger partial charge in [-0.05, 0) is 54.1 Å². The number of para-hydroxylation sites is 1. The first kappa shape index (κ1) is 18.9. The van der Waals surface area contributed by atoms with Crippen LogP contribution in [0.15, 0.2) is 48.7 Å². The first-order chi connectivity index (χ1) is 14.0. The van der Waals surface area contributed by atoms with Crippen molar-refractivity contribution in [2.45, 2.75) is 32.9 Å². The molecule has 1 aliphatic rings. The highest BCUT2D eigenvalue weighted by atomic mass is 16.2. The SMILES string of the molecule is CCn1c(CN(C)C(=O)/C=C/c2cnc3c(c2)CCC(=O)N3)cc2ccccc21. The molecule has 0 radical (unpaired) electrons. The van der Waals surface area contributed by atoms with Gasteiger partial charge in [0, 0.05) is 43.5 Å². The van der Waals surface area contributed by atoms with E-state index in [0.29, 0.717) is 25.2 Å². The van der Waals surface area contributed by atoms with E-state index < -0.39 is 0 Å². The van der Waals surface area contributed by atoms with Crippen molar-refractivity contribution in [3.8, 4) is 0 Å². The van der Waals surface area contributed by atoms with Gasteiger partial charge in [0.05, 0.1) is 6.54 Å². The topological polar surface area (TPSA) is 67.2 Å². The molecule has 0 bridgehead atoms. The smallest absolute Gasteiger partial charge is 0.246 e. The third kappa shape index (κ3) is 3.92. The van der Waals surface area contributed by atoms with E-state index in [0.717, 1.165) is 23.4 Å². The summed E-state index contributed by atoms with van der Waals surface area (Å²) in [4.78, 5) is 30.1. The van der Waals surface area contributed by atoms with Crippen LogP contribution in [0.25, 0.3) is 17.0 Å². The molecule has 1 aromatic carbocycles. The fourth-order valence-corrected chi connectivity index (χ4v) is 3.75. The van der Waals surface area contributed by atoms with Crippen molar-refractivity contribution in [2.24, 2.45) is 0 Å². The van der Waals surface area contributed by atoms with Crippen molar-refractivity contribution < 1.29 is 9.59 Å². The number of carbonyl (C=O) groups is 2. The number of hydrogen-bond donors (Lipinski definition) is 1. The minimum Gasteiger partial charge on any atom is -0.343 e. The van der Waals surface area contributed by atoms with E-state index in [2.05, 4.69) is 40.0 Å². The number of nitrogens with zero attached hydrogens (tertiary/aromatic N) is 3. The predicted octanol–water partition coefficient (Wildman–Crippen LogP) is 3.61. The highest BCUT2D eigenvalue weighted by molar-refractivity contribution is 5.93. The van der Waals surface area contributed by atoms with Crippen molar-refractivity contribution in [3.63, 3.8) is 0 Å². The molecule has 0 saturated heterocycles. The van der Waals surface area contributed by atoms with Crippen molar-refractivity contribution in [2.75, 3.05) is 12.4 Å². The average molecular weight is 388 g/mol. The molecule has 6 nitrogen and oxygen atoms in total. The van der Waals surface area contributed by atoms with Crippen molar-refractivity contribution in [1.82, 2.24) is 14.5 Å². The van der Waals surface area contributed by atoms with Crippen LogP contribution in [0.4, 0.5) is 5.82 Å². The molecule has 2 aromatic heterocycles. The van der Waals surface area contributed by atoms with Crippen LogP contribution in [0, 0.1) is 0 Å². The number of hydrogen-bond acceptors (Lipinski definition) is 3. The molecular weight excluding hydrogens is 364 g/mol. The van der Waals surface area contributed by atoms with Crippen LogP contribution in [-0.2, 0) is 29.1 Å². The minimum absolute atomic E-state index is 0.00501. The first-order valence-corrected chi connectivity index (χ1v) is 9.84. The van der Waals surface area contributed by atoms with Gasteiger partial charge in [-0.25, -0.2) is 4.98 Å². The largest absolute Gasteiger partial charge is 0.343 e. The number of amides is 2. The lowest BCUT2D eigenvalue weighted by Gasteiger charge is -2.17. The molecule has 4 rings (SSSR count). The Morgan fingerprint density at radius 1 is 1.28 bits per heavy atom. The van der Waals surface area contributed by atoms with Crippen LogP contribution in [0.5, 0.6) is 0 Å². The van der Waals surface area contributed by atoms with Gasteiger partial charge in [0.15, 0.2) is 0 Å². The van der Waals surface area contributed by atoms with Crippen molar-refractivity contribution in [3.05, 3.63) is 65.5 Å². The van der Waals surface area contributed by atoms with Gasteiger partial charge < -0.3 is 14.8 Å². The summed E-state index contributed by atoms with van der Waals surface area (Å²) in [5.74, 6) is 0.549. The normalized spacial score (nSPS) is 13.5. The summed E-state index contributed by atoms with van der Waals surface area (Å²) in [6.45, 7) is 3.52. The Morgan fingerprint density at radius 3 is 2.93 bits per heavy atom. The Bertz CT molecular complexity index is 1110. The summed E-state index contributed by atoms with van der Waals surface area (Å²) in [6.07, 6.45) is 6.16. The van der Waals surface area contributed by atoms with E-state index in [1.54, 1.807) is 23.2 Å². The zero-order valence-electron chi connectivity index (χ0n) is 16.7. The van der Waals surface area contributed by atoms with E-state index in [-0.39, 0.29) is 11.8 Å². The molecule has 3 heterocycles. The summed E-state index contributed by atoms with van der Waals surface area (Å²) in [5, 5.41) is 3.96. The lowest BCUT2D eigenvalue weighted by Crippen LogP contribution is -2.25. The summed E-state index contributed by atoms with van der Waals surface area (Å²) in [6, 6.07) is 12.4. The maximum Gasteiger partial charge on any atom is 0.246 e. The number of rotatable bonds is 5. The van der Waals surface area contributed by atoms with Gasteiger partial charge in [-0.15, -0.1) is 0 Å². The number of fused-ring (bicyclic) bond motifs is 2. The predicted molar refractivity (Wildman–Crippen MR) is 114 cm³/mol. The fourth-order valence-electron chi connectivity index (χ4n) is 3.75. The molecule has 1 N–H and O–H groups in total. The molecule has 0 unspecified atom stereocenters. The van der Waals surface area contributed by atoms with E-state index in [1.165, 1.54) is 10.9 Å². The van der Waals surface area contributed by atoms with Crippen LogP contribution in [0.1, 0.15) is 30.2 Å². The second-order valence-electron chi connectivity index (χ2n) is 7.29. The average Bonchev–Trinajstić information content (AvgIpc) is 3.08. The molecule has 0 fully saturated rings. The summed E-state index contributed by atoms with van der Waals surface area (Å²) >= 11 is 0. The van der Waals surface area contributed by atoms with E-state index in [9.17, 15) is 9.59 Å². The zero-order valence-corrected chi connectivity index (χ0v) is 16.7. The molecule has 29 heavy (non-hydrogen) atoms. The van der Waals surface area contributed by atoms with Crippen LogP contribution in [-0.4, -0.2) is 33.3 Å². The zero-order chi connectivity index (χ0) is 20.4. The molecule has 0 atom stereocenters. The standard InChI is InChI=1S/C23H24N4O2/c1-3-27-19(13-17-6-4-5-7-20(17)27)15-26(2)22(29)11-8-16-12-18-9-10-21(28)25-23(18)24-14-16/h4-8,11-14H,3,9-10,15H2,1-2H3,(H,24,25,28)/b11-8+. The van der Waals surface area contributed by atoms with Crippen LogP contribution in [0.3, 0.4) is 0 Å². The Balaban J connectivity index is 1.47. The Labute approximate surface area is 169 Å². The number of benzene rings is 1. The maximum atomic E-state index is 12.6. The second kappa shape index (κ2) is 7.91. The van der Waals surface area contributed by atoms with Crippen molar-refractivity contribution in [1.29, 1.82) is 0 Å².